The SMILES string of the molecule is CCCCCC/C(C)=C\C=O. The summed E-state index contributed by atoms with van der Waals surface area (Å²) in [4.78, 5) is 10.0. The fraction of sp³-hybridized carbons (Fsp3) is 0.700. The molecule has 0 bridgehead atoms. The molecule has 0 amide bonds. The molecule has 0 unspecified atom stereocenters. The number of hydrogen-bond acceptors (Lipinski definition) is 1. The maximum Gasteiger partial charge on any atom is 0.142 e. The first-order chi connectivity index (χ1) is 5.31. The lowest BCUT2D eigenvalue weighted by Gasteiger charge is -1.98. The largest absolute Gasteiger partial charge is 0.299 e. The molecule has 64 valence electrons. The Morgan fingerprint density at radius 2 is 2.00 bits per heavy atom. The molecule has 0 rings (SSSR count). The van der Waals surface area contributed by atoms with Crippen LogP contribution in [0, 0.1) is 0 Å². The molecule has 0 spiro atoms. The van der Waals surface area contributed by atoms with Crippen molar-refractivity contribution < 1.29 is 4.79 Å². The van der Waals surface area contributed by atoms with Crippen molar-refractivity contribution in [2.75, 3.05) is 0 Å². The summed E-state index contributed by atoms with van der Waals surface area (Å²) < 4.78 is 0. The third kappa shape index (κ3) is 7.31. The van der Waals surface area contributed by atoms with Crippen LogP contribution in [0.1, 0.15) is 46.0 Å². The fourth-order valence-corrected chi connectivity index (χ4v) is 1.03. The second kappa shape index (κ2) is 7.52. The lowest BCUT2D eigenvalue weighted by Crippen LogP contribution is -1.80. The third-order valence-electron chi connectivity index (χ3n) is 1.78. The van der Waals surface area contributed by atoms with Gasteiger partial charge in [0.2, 0.25) is 0 Å². The molecule has 0 heterocycles. The molecule has 1 heteroatoms. The zero-order valence-corrected chi connectivity index (χ0v) is 7.60. The van der Waals surface area contributed by atoms with E-state index in [0.717, 1.165) is 12.7 Å². The molecule has 0 N–H and O–H groups in total. The summed E-state index contributed by atoms with van der Waals surface area (Å²) >= 11 is 0. The van der Waals surface area contributed by atoms with E-state index in [9.17, 15) is 4.79 Å². The Morgan fingerprint density at radius 1 is 1.27 bits per heavy atom. The highest BCUT2D eigenvalue weighted by Gasteiger charge is 1.89. The Morgan fingerprint density at radius 3 is 2.55 bits per heavy atom. The van der Waals surface area contributed by atoms with Crippen LogP contribution in [0.2, 0.25) is 0 Å². The normalized spacial score (nSPS) is 11.6. The summed E-state index contributed by atoms with van der Waals surface area (Å²) in [5.74, 6) is 0. The van der Waals surface area contributed by atoms with E-state index in [-0.39, 0.29) is 0 Å². The van der Waals surface area contributed by atoms with Crippen molar-refractivity contribution in [2.45, 2.75) is 46.0 Å². The highest BCUT2D eigenvalue weighted by molar-refractivity contribution is 5.65. The standard InChI is InChI=1S/C10H18O/c1-3-4-5-6-7-10(2)8-9-11/h8-9H,3-7H2,1-2H3/b10-8-. The van der Waals surface area contributed by atoms with Crippen molar-refractivity contribution >= 4 is 6.29 Å². The molecule has 0 saturated carbocycles. The van der Waals surface area contributed by atoms with Crippen LogP contribution in [0.3, 0.4) is 0 Å². The van der Waals surface area contributed by atoms with Crippen LogP contribution < -0.4 is 0 Å². The van der Waals surface area contributed by atoms with Gasteiger partial charge in [0.25, 0.3) is 0 Å². The number of rotatable bonds is 6. The van der Waals surface area contributed by atoms with Gasteiger partial charge >= 0.3 is 0 Å². The van der Waals surface area contributed by atoms with Gasteiger partial charge in [0.1, 0.15) is 6.29 Å². The lowest BCUT2D eigenvalue weighted by molar-refractivity contribution is -0.104. The number of hydrogen-bond donors (Lipinski definition) is 0. The third-order valence-corrected chi connectivity index (χ3v) is 1.78. The number of carbonyl (C=O) groups excluding carboxylic acids is 1. The van der Waals surface area contributed by atoms with Gasteiger partial charge in [-0.15, -0.1) is 0 Å². The Bertz CT molecular complexity index is 125. The molecule has 0 aromatic rings. The molecular weight excluding hydrogens is 136 g/mol. The van der Waals surface area contributed by atoms with E-state index in [1.54, 1.807) is 6.08 Å². The van der Waals surface area contributed by atoms with Crippen LogP contribution in [0.4, 0.5) is 0 Å². The van der Waals surface area contributed by atoms with Gasteiger partial charge in [-0.3, -0.25) is 4.79 Å². The smallest absolute Gasteiger partial charge is 0.142 e. The molecule has 0 aliphatic rings. The van der Waals surface area contributed by atoms with E-state index in [2.05, 4.69) is 6.92 Å². The van der Waals surface area contributed by atoms with Crippen molar-refractivity contribution in [1.29, 1.82) is 0 Å². The number of aldehydes is 1. The first-order valence-electron chi connectivity index (χ1n) is 4.42. The molecule has 0 aromatic carbocycles. The van der Waals surface area contributed by atoms with Gasteiger partial charge in [0, 0.05) is 0 Å². The fourth-order valence-electron chi connectivity index (χ4n) is 1.03. The van der Waals surface area contributed by atoms with Crippen molar-refractivity contribution in [3.63, 3.8) is 0 Å². The van der Waals surface area contributed by atoms with E-state index in [1.165, 1.54) is 31.3 Å². The minimum atomic E-state index is 0.870. The van der Waals surface area contributed by atoms with E-state index in [4.69, 9.17) is 0 Å². The minimum Gasteiger partial charge on any atom is -0.299 e. The summed E-state index contributed by atoms with van der Waals surface area (Å²) in [5, 5.41) is 0. The van der Waals surface area contributed by atoms with Crippen molar-refractivity contribution in [1.82, 2.24) is 0 Å². The quantitative estimate of drug-likeness (QED) is 0.326. The van der Waals surface area contributed by atoms with Gasteiger partial charge in [-0.2, -0.15) is 0 Å². The molecule has 0 atom stereocenters. The van der Waals surface area contributed by atoms with E-state index in [1.807, 2.05) is 6.92 Å². The Hall–Kier alpha value is -0.590. The van der Waals surface area contributed by atoms with Gasteiger partial charge < -0.3 is 0 Å². The van der Waals surface area contributed by atoms with Gasteiger partial charge in [-0.25, -0.2) is 0 Å². The number of allylic oxidation sites excluding steroid dienone is 2. The van der Waals surface area contributed by atoms with Gasteiger partial charge in [-0.1, -0.05) is 31.8 Å². The van der Waals surface area contributed by atoms with Crippen LogP contribution in [-0.4, -0.2) is 6.29 Å². The topological polar surface area (TPSA) is 17.1 Å². The van der Waals surface area contributed by atoms with E-state index >= 15 is 0 Å². The molecule has 0 aliphatic heterocycles. The number of carbonyl (C=O) groups is 1. The molecule has 0 aromatic heterocycles. The first kappa shape index (κ1) is 10.4. The second-order valence-corrected chi connectivity index (χ2v) is 2.96. The zero-order valence-electron chi connectivity index (χ0n) is 7.60. The van der Waals surface area contributed by atoms with Crippen molar-refractivity contribution in [2.24, 2.45) is 0 Å². The van der Waals surface area contributed by atoms with Crippen molar-refractivity contribution in [3.05, 3.63) is 11.6 Å². The summed E-state index contributed by atoms with van der Waals surface area (Å²) in [6.07, 6.45) is 8.72. The summed E-state index contributed by atoms with van der Waals surface area (Å²) in [6.45, 7) is 4.22. The molecule has 0 aliphatic carbocycles. The summed E-state index contributed by atoms with van der Waals surface area (Å²) in [5.41, 5.74) is 1.20. The first-order valence-corrected chi connectivity index (χ1v) is 4.42. The monoisotopic (exact) mass is 154 g/mol. The summed E-state index contributed by atoms with van der Waals surface area (Å²) in [7, 11) is 0. The molecule has 0 saturated heterocycles. The average Bonchev–Trinajstić information content (AvgIpc) is 1.99. The van der Waals surface area contributed by atoms with Gasteiger partial charge in [0.05, 0.1) is 0 Å². The maximum absolute atomic E-state index is 10.0. The predicted molar refractivity (Wildman–Crippen MR) is 48.6 cm³/mol. The lowest BCUT2D eigenvalue weighted by atomic mass is 10.1. The van der Waals surface area contributed by atoms with Crippen molar-refractivity contribution in [3.8, 4) is 0 Å². The van der Waals surface area contributed by atoms with Gasteiger partial charge in [-0.05, 0) is 25.8 Å². The maximum atomic E-state index is 10.0. The minimum absolute atomic E-state index is 0.870. The molecule has 11 heavy (non-hydrogen) atoms. The Labute approximate surface area is 69.5 Å². The predicted octanol–water partition coefficient (Wildman–Crippen LogP) is 3.10. The highest BCUT2D eigenvalue weighted by atomic mass is 16.1. The Balaban J connectivity index is 3.23. The van der Waals surface area contributed by atoms with Gasteiger partial charge in [0.15, 0.2) is 0 Å². The van der Waals surface area contributed by atoms with E-state index < -0.39 is 0 Å². The van der Waals surface area contributed by atoms with Crippen LogP contribution in [0.15, 0.2) is 11.6 Å². The summed E-state index contributed by atoms with van der Waals surface area (Å²) in [6, 6.07) is 0. The Kier molecular flexibility index (Phi) is 7.11. The molecule has 1 nitrogen and oxygen atoms in total. The number of unbranched alkanes of at least 4 members (excludes halogenated alkanes) is 3. The second-order valence-electron chi connectivity index (χ2n) is 2.96. The highest BCUT2D eigenvalue weighted by Crippen LogP contribution is 2.08. The van der Waals surface area contributed by atoms with E-state index in [0.29, 0.717) is 0 Å². The molecular formula is C10H18O. The zero-order chi connectivity index (χ0) is 8.53. The molecule has 0 radical (unpaired) electrons. The van der Waals surface area contributed by atoms with Crippen LogP contribution in [0.25, 0.3) is 0 Å². The van der Waals surface area contributed by atoms with Crippen LogP contribution in [-0.2, 0) is 4.79 Å². The van der Waals surface area contributed by atoms with Crippen LogP contribution >= 0.6 is 0 Å². The molecule has 0 fully saturated rings. The van der Waals surface area contributed by atoms with Crippen LogP contribution in [0.5, 0.6) is 0 Å². The average molecular weight is 154 g/mol.